The highest BCUT2D eigenvalue weighted by Gasteiger charge is 2.11. The molecule has 3 heterocycles. The lowest BCUT2D eigenvalue weighted by Crippen LogP contribution is -2.22. The number of anilines is 1. The van der Waals surface area contributed by atoms with Crippen molar-refractivity contribution in [2.45, 2.75) is 26.2 Å². The normalized spacial score (nSPS) is 16.3. The minimum absolute atomic E-state index is 0.986. The minimum Gasteiger partial charge on any atom is -0.369 e. The number of nitrogens with one attached hydrogen (secondary N) is 1. The molecule has 1 aliphatic rings. The van der Waals surface area contributed by atoms with Crippen molar-refractivity contribution < 1.29 is 0 Å². The number of aryl methyl sites for hydroxylation is 1. The second-order valence-electron chi connectivity index (χ2n) is 5.15. The topological polar surface area (TPSA) is 41.0 Å². The Morgan fingerprint density at radius 2 is 2.16 bits per heavy atom. The number of hydrogen-bond acceptors (Lipinski definition) is 5. The molecule has 0 saturated carbocycles. The van der Waals surface area contributed by atoms with E-state index < -0.39 is 0 Å². The smallest absolute Gasteiger partial charge is 0.147 e. The maximum Gasteiger partial charge on any atom is 0.147 e. The van der Waals surface area contributed by atoms with Crippen LogP contribution < -0.4 is 5.32 Å². The molecule has 19 heavy (non-hydrogen) atoms. The molecule has 1 saturated heterocycles. The van der Waals surface area contributed by atoms with Crippen molar-refractivity contribution >= 4 is 27.4 Å². The summed E-state index contributed by atoms with van der Waals surface area (Å²) in [7, 11) is 0. The molecule has 0 spiro atoms. The summed E-state index contributed by atoms with van der Waals surface area (Å²) in [6.07, 6.45) is 5.57. The molecular weight excluding hydrogens is 256 g/mol. The van der Waals surface area contributed by atoms with Crippen molar-refractivity contribution in [1.82, 2.24) is 14.9 Å². The van der Waals surface area contributed by atoms with Gasteiger partial charge >= 0.3 is 0 Å². The van der Waals surface area contributed by atoms with Gasteiger partial charge < -0.3 is 10.2 Å². The van der Waals surface area contributed by atoms with Crippen LogP contribution >= 0.6 is 11.3 Å². The van der Waals surface area contributed by atoms with E-state index in [1.165, 1.54) is 49.2 Å². The van der Waals surface area contributed by atoms with Crippen LogP contribution in [0, 0.1) is 6.92 Å². The highest BCUT2D eigenvalue weighted by molar-refractivity contribution is 7.18. The quantitative estimate of drug-likeness (QED) is 0.853. The van der Waals surface area contributed by atoms with Gasteiger partial charge in [-0.1, -0.05) is 0 Å². The number of likely N-dealkylation sites (tertiary alicyclic amines) is 1. The van der Waals surface area contributed by atoms with E-state index in [1.807, 2.05) is 0 Å². The van der Waals surface area contributed by atoms with Crippen LogP contribution in [0.25, 0.3) is 10.2 Å². The first-order valence-electron chi connectivity index (χ1n) is 6.99. The van der Waals surface area contributed by atoms with Crippen LogP contribution in [0.3, 0.4) is 0 Å². The van der Waals surface area contributed by atoms with Crippen molar-refractivity contribution in [3.05, 3.63) is 17.3 Å². The molecule has 5 heteroatoms. The standard InChI is InChI=1S/C14H20N4S/c1-11-9-19-13-12(11)16-10-17-14(13)15-5-4-8-18-6-2-3-7-18/h9-10H,2-8H2,1H3,(H,15,16,17). The van der Waals surface area contributed by atoms with Crippen LogP contribution in [0.2, 0.25) is 0 Å². The summed E-state index contributed by atoms with van der Waals surface area (Å²) in [6, 6.07) is 0. The van der Waals surface area contributed by atoms with Gasteiger partial charge in [-0.25, -0.2) is 9.97 Å². The third kappa shape index (κ3) is 2.87. The number of thiophene rings is 1. The molecule has 0 bridgehead atoms. The van der Waals surface area contributed by atoms with Crippen LogP contribution in [0.5, 0.6) is 0 Å². The van der Waals surface area contributed by atoms with Crippen molar-refractivity contribution in [3.63, 3.8) is 0 Å². The molecule has 2 aromatic rings. The average molecular weight is 276 g/mol. The summed E-state index contributed by atoms with van der Waals surface area (Å²) >= 11 is 1.73. The summed E-state index contributed by atoms with van der Waals surface area (Å²) in [6.45, 7) is 6.84. The minimum atomic E-state index is 0.986. The number of hydrogen-bond donors (Lipinski definition) is 1. The van der Waals surface area contributed by atoms with E-state index in [1.54, 1.807) is 17.7 Å². The van der Waals surface area contributed by atoms with Gasteiger partial charge in [-0.15, -0.1) is 11.3 Å². The van der Waals surface area contributed by atoms with Gasteiger partial charge in [0.1, 0.15) is 12.1 Å². The first kappa shape index (κ1) is 12.8. The van der Waals surface area contributed by atoms with E-state index >= 15 is 0 Å². The molecular formula is C14H20N4S. The Morgan fingerprint density at radius 3 is 3.00 bits per heavy atom. The van der Waals surface area contributed by atoms with Gasteiger partial charge in [-0.2, -0.15) is 0 Å². The molecule has 4 nitrogen and oxygen atoms in total. The molecule has 0 radical (unpaired) electrons. The number of aromatic nitrogens is 2. The highest BCUT2D eigenvalue weighted by atomic mass is 32.1. The first-order valence-corrected chi connectivity index (χ1v) is 7.87. The lowest BCUT2D eigenvalue weighted by molar-refractivity contribution is 0.337. The van der Waals surface area contributed by atoms with Gasteiger partial charge in [-0.3, -0.25) is 0 Å². The third-order valence-corrected chi connectivity index (χ3v) is 4.77. The van der Waals surface area contributed by atoms with E-state index in [9.17, 15) is 0 Å². The monoisotopic (exact) mass is 276 g/mol. The third-order valence-electron chi connectivity index (χ3n) is 3.67. The molecule has 2 aromatic heterocycles. The van der Waals surface area contributed by atoms with Crippen LogP contribution in [0.1, 0.15) is 24.8 Å². The largest absolute Gasteiger partial charge is 0.369 e. The Labute approximate surface area is 117 Å². The Kier molecular flexibility index (Phi) is 3.94. The van der Waals surface area contributed by atoms with E-state index in [-0.39, 0.29) is 0 Å². The van der Waals surface area contributed by atoms with Gasteiger partial charge in [0.05, 0.1) is 10.2 Å². The SMILES string of the molecule is Cc1csc2c(NCCCN3CCCC3)ncnc12. The molecule has 3 rings (SSSR count). The molecule has 102 valence electrons. The maximum atomic E-state index is 4.36. The van der Waals surface area contributed by atoms with Crippen molar-refractivity contribution in [2.24, 2.45) is 0 Å². The molecule has 1 N–H and O–H groups in total. The zero-order valence-corrected chi connectivity index (χ0v) is 12.2. The van der Waals surface area contributed by atoms with Crippen molar-refractivity contribution in [1.29, 1.82) is 0 Å². The van der Waals surface area contributed by atoms with Gasteiger partial charge in [-0.05, 0) is 56.8 Å². The maximum absolute atomic E-state index is 4.36. The Morgan fingerprint density at radius 1 is 1.32 bits per heavy atom. The van der Waals surface area contributed by atoms with Gasteiger partial charge in [0.2, 0.25) is 0 Å². The fourth-order valence-corrected chi connectivity index (χ4v) is 3.58. The fraction of sp³-hybridized carbons (Fsp3) is 0.571. The van der Waals surface area contributed by atoms with E-state index in [0.29, 0.717) is 0 Å². The zero-order valence-electron chi connectivity index (χ0n) is 11.4. The number of fused-ring (bicyclic) bond motifs is 1. The van der Waals surface area contributed by atoms with Crippen LogP contribution in [0.15, 0.2) is 11.7 Å². The summed E-state index contributed by atoms with van der Waals surface area (Å²) < 4.78 is 1.18. The lowest BCUT2D eigenvalue weighted by Gasteiger charge is -2.14. The van der Waals surface area contributed by atoms with Crippen molar-refractivity contribution in [2.75, 3.05) is 31.5 Å². The van der Waals surface area contributed by atoms with E-state index in [2.05, 4.69) is 32.5 Å². The second-order valence-corrected chi connectivity index (χ2v) is 6.03. The van der Waals surface area contributed by atoms with Crippen LogP contribution in [0.4, 0.5) is 5.82 Å². The Hall–Kier alpha value is -1.20. The molecule has 1 fully saturated rings. The van der Waals surface area contributed by atoms with Gasteiger partial charge in [0.15, 0.2) is 0 Å². The Balaban J connectivity index is 1.56. The van der Waals surface area contributed by atoms with Crippen LogP contribution in [-0.2, 0) is 0 Å². The highest BCUT2D eigenvalue weighted by Crippen LogP contribution is 2.28. The molecule has 0 unspecified atom stereocenters. The second kappa shape index (κ2) is 5.84. The fourth-order valence-electron chi connectivity index (χ4n) is 2.61. The van der Waals surface area contributed by atoms with Crippen LogP contribution in [-0.4, -0.2) is 41.0 Å². The predicted octanol–water partition coefficient (Wildman–Crippen LogP) is 2.90. The molecule has 0 amide bonds. The summed E-state index contributed by atoms with van der Waals surface area (Å²) in [5, 5.41) is 5.61. The summed E-state index contributed by atoms with van der Waals surface area (Å²) in [5.41, 5.74) is 2.32. The molecule has 0 atom stereocenters. The number of nitrogens with zero attached hydrogens (tertiary/aromatic N) is 3. The zero-order chi connectivity index (χ0) is 13.1. The summed E-state index contributed by atoms with van der Waals surface area (Å²) in [5.74, 6) is 0.990. The van der Waals surface area contributed by atoms with Gasteiger partial charge in [0, 0.05) is 6.54 Å². The lowest BCUT2D eigenvalue weighted by atomic mass is 10.3. The molecule has 0 aromatic carbocycles. The Bertz CT molecular complexity index is 545. The van der Waals surface area contributed by atoms with E-state index in [0.717, 1.165) is 17.9 Å². The molecule has 1 aliphatic heterocycles. The van der Waals surface area contributed by atoms with Crippen molar-refractivity contribution in [3.8, 4) is 0 Å². The molecule has 0 aliphatic carbocycles. The predicted molar refractivity (Wildman–Crippen MR) is 80.9 cm³/mol. The summed E-state index contributed by atoms with van der Waals surface area (Å²) in [4.78, 5) is 11.3. The van der Waals surface area contributed by atoms with E-state index in [4.69, 9.17) is 0 Å². The first-order chi connectivity index (χ1) is 9.34. The average Bonchev–Trinajstić information content (AvgIpc) is 3.06. The number of rotatable bonds is 5. The van der Waals surface area contributed by atoms with Gasteiger partial charge in [0.25, 0.3) is 0 Å².